The molecule has 2 bridgehead atoms. The van der Waals surface area contributed by atoms with E-state index in [9.17, 15) is 5.11 Å². The summed E-state index contributed by atoms with van der Waals surface area (Å²) in [5.41, 5.74) is 0. The third kappa shape index (κ3) is 1.25. The Kier molecular flexibility index (Phi) is 1.74. The molecule has 4 rings (SSSR count). The Hall–Kier alpha value is -0.940. The summed E-state index contributed by atoms with van der Waals surface area (Å²) in [5, 5.41) is 13.9. The molecule has 4 atom stereocenters. The maximum atomic E-state index is 9.85. The maximum Gasteiger partial charge on any atom is 0.231 e. The van der Waals surface area contributed by atoms with Gasteiger partial charge in [0.15, 0.2) is 5.82 Å². The fourth-order valence-electron chi connectivity index (χ4n) is 3.02. The van der Waals surface area contributed by atoms with Crippen molar-refractivity contribution in [2.24, 2.45) is 5.92 Å². The summed E-state index contributed by atoms with van der Waals surface area (Å²) < 4.78 is 5.35. The number of aliphatic hydroxyl groups is 1. The van der Waals surface area contributed by atoms with Crippen molar-refractivity contribution >= 4 is 0 Å². The molecule has 3 heterocycles. The summed E-state index contributed by atoms with van der Waals surface area (Å²) in [5.74, 6) is 2.72. The van der Waals surface area contributed by atoms with Crippen molar-refractivity contribution in [1.82, 2.24) is 15.0 Å². The van der Waals surface area contributed by atoms with Crippen molar-refractivity contribution < 1.29 is 9.63 Å². The van der Waals surface area contributed by atoms with Crippen LogP contribution in [0.1, 0.15) is 36.4 Å². The zero-order chi connectivity index (χ0) is 10.7. The Labute approximate surface area is 93.4 Å². The number of hydrogen-bond donors (Lipinski definition) is 1. The quantitative estimate of drug-likeness (QED) is 0.780. The molecule has 1 aliphatic carbocycles. The van der Waals surface area contributed by atoms with Crippen LogP contribution in [0.15, 0.2) is 4.52 Å². The second-order valence-electron chi connectivity index (χ2n) is 5.32. The number of piperidine rings is 1. The molecule has 5 heteroatoms. The van der Waals surface area contributed by atoms with Crippen LogP contribution in [0.5, 0.6) is 0 Å². The van der Waals surface area contributed by atoms with Crippen LogP contribution in [0.2, 0.25) is 0 Å². The molecule has 1 N–H and O–H groups in total. The van der Waals surface area contributed by atoms with Crippen molar-refractivity contribution in [3.8, 4) is 0 Å². The van der Waals surface area contributed by atoms with Crippen LogP contribution in [0, 0.1) is 5.92 Å². The number of rotatable bonds is 2. The molecule has 0 spiro atoms. The zero-order valence-corrected chi connectivity index (χ0v) is 9.04. The molecule has 0 amide bonds. The molecule has 1 aromatic heterocycles. The van der Waals surface area contributed by atoms with Crippen molar-refractivity contribution in [1.29, 1.82) is 0 Å². The van der Waals surface area contributed by atoms with Crippen molar-refractivity contribution in [3.05, 3.63) is 11.7 Å². The Bertz CT molecular complexity index is 415. The molecule has 2 saturated heterocycles. The Morgan fingerprint density at radius 2 is 2.12 bits per heavy atom. The number of nitrogens with zero attached hydrogens (tertiary/aromatic N) is 3. The van der Waals surface area contributed by atoms with Gasteiger partial charge in [0, 0.05) is 31.5 Å². The van der Waals surface area contributed by atoms with Crippen LogP contribution in [0.3, 0.4) is 0 Å². The van der Waals surface area contributed by atoms with E-state index in [1.807, 2.05) is 0 Å². The van der Waals surface area contributed by atoms with Crippen LogP contribution >= 0.6 is 0 Å². The molecular weight excluding hydrogens is 206 g/mol. The lowest BCUT2D eigenvalue weighted by Gasteiger charge is -2.23. The van der Waals surface area contributed by atoms with Gasteiger partial charge in [0.1, 0.15) is 0 Å². The molecule has 16 heavy (non-hydrogen) atoms. The van der Waals surface area contributed by atoms with Gasteiger partial charge in [0.2, 0.25) is 5.89 Å². The van der Waals surface area contributed by atoms with Crippen LogP contribution in [-0.4, -0.2) is 45.9 Å². The second-order valence-corrected chi connectivity index (χ2v) is 5.32. The summed E-state index contributed by atoms with van der Waals surface area (Å²) in [4.78, 5) is 6.77. The van der Waals surface area contributed by atoms with E-state index >= 15 is 0 Å². The van der Waals surface area contributed by atoms with Gasteiger partial charge in [0.05, 0.1) is 12.0 Å². The third-order valence-electron chi connectivity index (χ3n) is 4.10. The van der Waals surface area contributed by atoms with Crippen LogP contribution in [0.4, 0.5) is 0 Å². The fourth-order valence-corrected chi connectivity index (χ4v) is 3.02. The monoisotopic (exact) mass is 221 g/mol. The molecular formula is C11H15N3O2. The van der Waals surface area contributed by atoms with E-state index in [0.717, 1.165) is 31.3 Å². The summed E-state index contributed by atoms with van der Waals surface area (Å²) in [6, 6.07) is 0. The Balaban J connectivity index is 1.60. The maximum absolute atomic E-state index is 9.85. The first-order valence-electron chi connectivity index (χ1n) is 6.05. The molecule has 3 aliphatic rings. The molecule has 1 aromatic rings. The van der Waals surface area contributed by atoms with E-state index in [0.29, 0.717) is 11.8 Å². The topological polar surface area (TPSA) is 62.4 Å². The first-order valence-corrected chi connectivity index (χ1v) is 6.05. The molecule has 5 nitrogen and oxygen atoms in total. The molecule has 86 valence electrons. The highest BCUT2D eigenvalue weighted by Crippen LogP contribution is 2.42. The van der Waals surface area contributed by atoms with Crippen LogP contribution in [0.25, 0.3) is 0 Å². The van der Waals surface area contributed by atoms with E-state index in [1.165, 1.54) is 12.8 Å². The van der Waals surface area contributed by atoms with Gasteiger partial charge in [-0.2, -0.15) is 4.98 Å². The van der Waals surface area contributed by atoms with Gasteiger partial charge in [-0.3, -0.25) is 4.90 Å². The average Bonchev–Trinajstić information content (AvgIpc) is 2.76. The normalized spacial score (nSPS) is 41.8. The average molecular weight is 221 g/mol. The first kappa shape index (κ1) is 9.13. The molecule has 1 saturated carbocycles. The van der Waals surface area contributed by atoms with Gasteiger partial charge in [-0.25, -0.2) is 0 Å². The van der Waals surface area contributed by atoms with Gasteiger partial charge in [-0.1, -0.05) is 5.16 Å². The van der Waals surface area contributed by atoms with Gasteiger partial charge in [0.25, 0.3) is 0 Å². The number of aliphatic hydroxyl groups excluding tert-OH is 1. The summed E-state index contributed by atoms with van der Waals surface area (Å²) in [6.07, 6.45) is 2.18. The predicted molar refractivity (Wildman–Crippen MR) is 55.0 cm³/mol. The third-order valence-corrected chi connectivity index (χ3v) is 4.10. The smallest absolute Gasteiger partial charge is 0.231 e. The van der Waals surface area contributed by atoms with E-state index in [-0.39, 0.29) is 12.0 Å². The van der Waals surface area contributed by atoms with E-state index in [1.54, 1.807) is 0 Å². The summed E-state index contributed by atoms with van der Waals surface area (Å²) >= 11 is 0. The lowest BCUT2D eigenvalue weighted by atomic mass is 9.90. The molecule has 2 aliphatic heterocycles. The van der Waals surface area contributed by atoms with E-state index in [2.05, 4.69) is 15.0 Å². The van der Waals surface area contributed by atoms with Gasteiger partial charge in [-0.15, -0.1) is 0 Å². The molecule has 0 aromatic carbocycles. The highest BCUT2D eigenvalue weighted by molar-refractivity contribution is 5.11. The van der Waals surface area contributed by atoms with Gasteiger partial charge in [-0.05, 0) is 12.8 Å². The number of fused-ring (bicyclic) bond motifs is 2. The van der Waals surface area contributed by atoms with Crippen LogP contribution < -0.4 is 0 Å². The predicted octanol–water partition coefficient (Wildman–Crippen LogP) is 0.337. The standard InChI is InChI=1S/C11H15N3O2/c15-9-5-14-3-7(9)8(4-14)11-12-10(13-16-11)6-1-2-6/h6-9,15H,1-5H2. The lowest BCUT2D eigenvalue weighted by molar-refractivity contribution is 0.0974. The summed E-state index contributed by atoms with van der Waals surface area (Å²) in [7, 11) is 0. The van der Waals surface area contributed by atoms with Gasteiger partial charge < -0.3 is 9.63 Å². The van der Waals surface area contributed by atoms with Crippen molar-refractivity contribution in [2.45, 2.75) is 30.8 Å². The highest BCUT2D eigenvalue weighted by Gasteiger charge is 2.47. The molecule has 3 fully saturated rings. The molecule has 0 radical (unpaired) electrons. The van der Waals surface area contributed by atoms with Crippen molar-refractivity contribution in [3.63, 3.8) is 0 Å². The van der Waals surface area contributed by atoms with Crippen LogP contribution in [-0.2, 0) is 0 Å². The lowest BCUT2D eigenvalue weighted by Crippen LogP contribution is -2.33. The largest absolute Gasteiger partial charge is 0.391 e. The van der Waals surface area contributed by atoms with E-state index in [4.69, 9.17) is 4.52 Å². The molecule has 4 unspecified atom stereocenters. The number of aromatic nitrogens is 2. The minimum atomic E-state index is -0.213. The minimum absolute atomic E-state index is 0.213. The minimum Gasteiger partial charge on any atom is -0.391 e. The number of hydrogen-bond acceptors (Lipinski definition) is 5. The van der Waals surface area contributed by atoms with E-state index < -0.39 is 0 Å². The first-order chi connectivity index (χ1) is 7.81. The zero-order valence-electron chi connectivity index (χ0n) is 9.04. The summed E-state index contributed by atoms with van der Waals surface area (Å²) in [6.45, 7) is 2.76. The fraction of sp³-hybridized carbons (Fsp3) is 0.818. The second kappa shape index (κ2) is 3.05. The SMILES string of the molecule is OC1CN2CC(c3nc(C4CC4)no3)C1C2. The van der Waals surface area contributed by atoms with Crippen molar-refractivity contribution in [2.75, 3.05) is 19.6 Å². The Morgan fingerprint density at radius 1 is 1.25 bits per heavy atom. The Morgan fingerprint density at radius 3 is 2.81 bits per heavy atom. The highest BCUT2D eigenvalue weighted by atomic mass is 16.5. The van der Waals surface area contributed by atoms with Gasteiger partial charge >= 0.3 is 0 Å².